The van der Waals surface area contributed by atoms with Gasteiger partial charge in [-0.3, -0.25) is 4.90 Å². The first-order valence-corrected chi connectivity index (χ1v) is 7.34. The molecule has 104 valence electrons. The minimum Gasteiger partial charge on any atom is -0.449 e. The number of carbonyl (C=O) groups excluding carboxylic acids is 1. The molecule has 0 aromatic carbocycles. The third-order valence-corrected chi connectivity index (χ3v) is 4.06. The highest BCUT2D eigenvalue weighted by Gasteiger charge is 2.33. The van der Waals surface area contributed by atoms with Crippen molar-refractivity contribution in [3.05, 3.63) is 0 Å². The number of piperidine rings is 2. The molecule has 4 heteroatoms. The fourth-order valence-corrected chi connectivity index (χ4v) is 3.23. The molecular formula is C14H26N2O2. The molecule has 0 radical (unpaired) electrons. The number of rotatable bonds is 3. The number of hydrogen-bond donors (Lipinski definition) is 1. The average Bonchev–Trinajstić information content (AvgIpc) is 2.35. The van der Waals surface area contributed by atoms with Gasteiger partial charge in [0.1, 0.15) is 0 Å². The van der Waals surface area contributed by atoms with Crippen molar-refractivity contribution in [2.75, 3.05) is 19.7 Å². The third kappa shape index (κ3) is 3.61. The summed E-state index contributed by atoms with van der Waals surface area (Å²) in [4.78, 5) is 14.1. The summed E-state index contributed by atoms with van der Waals surface area (Å²) in [5.74, 6) is 0.539. The molecule has 2 fully saturated rings. The van der Waals surface area contributed by atoms with Crippen molar-refractivity contribution in [3.8, 4) is 0 Å². The highest BCUT2D eigenvalue weighted by molar-refractivity contribution is 5.67. The van der Waals surface area contributed by atoms with Gasteiger partial charge in [0.2, 0.25) is 0 Å². The zero-order valence-electron chi connectivity index (χ0n) is 11.7. The van der Waals surface area contributed by atoms with Gasteiger partial charge in [-0.25, -0.2) is 4.79 Å². The second-order valence-electron chi connectivity index (χ2n) is 5.90. The van der Waals surface area contributed by atoms with E-state index in [-0.39, 0.29) is 12.1 Å². The predicted octanol–water partition coefficient (Wildman–Crippen LogP) is 2.39. The van der Waals surface area contributed by atoms with Gasteiger partial charge in [-0.1, -0.05) is 6.42 Å². The quantitative estimate of drug-likeness (QED) is 0.841. The largest absolute Gasteiger partial charge is 0.449 e. The van der Waals surface area contributed by atoms with Crippen LogP contribution in [-0.4, -0.2) is 42.8 Å². The Hall–Kier alpha value is -0.770. The monoisotopic (exact) mass is 254 g/mol. The topological polar surface area (TPSA) is 41.6 Å². The van der Waals surface area contributed by atoms with Crippen molar-refractivity contribution in [3.63, 3.8) is 0 Å². The van der Waals surface area contributed by atoms with Gasteiger partial charge in [0, 0.05) is 18.0 Å². The van der Waals surface area contributed by atoms with Crippen LogP contribution >= 0.6 is 0 Å². The summed E-state index contributed by atoms with van der Waals surface area (Å²) in [5, 5.41) is 2.78. The number of carbonyl (C=O) groups is 1. The molecule has 0 saturated carbocycles. The van der Waals surface area contributed by atoms with Gasteiger partial charge >= 0.3 is 6.09 Å². The number of hydrogen-bond acceptors (Lipinski definition) is 3. The van der Waals surface area contributed by atoms with Crippen molar-refractivity contribution in [1.82, 2.24) is 10.2 Å². The third-order valence-electron chi connectivity index (χ3n) is 4.06. The highest BCUT2D eigenvalue weighted by Crippen LogP contribution is 2.30. The van der Waals surface area contributed by atoms with Crippen molar-refractivity contribution in [2.45, 2.75) is 58.0 Å². The summed E-state index contributed by atoms with van der Waals surface area (Å²) in [6, 6.07) is 0.800. The molecule has 2 atom stereocenters. The summed E-state index contributed by atoms with van der Waals surface area (Å²) in [6.07, 6.45) is 6.12. The van der Waals surface area contributed by atoms with Crippen molar-refractivity contribution < 1.29 is 9.53 Å². The zero-order chi connectivity index (χ0) is 13.0. The lowest BCUT2D eigenvalue weighted by Crippen LogP contribution is -2.49. The SMILES string of the molecule is CC(C)NC(=O)OC[C@@H]1CCCN2CCCC[C@H]12. The summed E-state index contributed by atoms with van der Waals surface area (Å²) >= 11 is 0. The van der Waals surface area contributed by atoms with E-state index in [9.17, 15) is 4.79 Å². The fraction of sp³-hybridized carbons (Fsp3) is 0.929. The van der Waals surface area contributed by atoms with E-state index in [2.05, 4.69) is 10.2 Å². The number of alkyl carbamates (subject to hydrolysis) is 1. The Kier molecular flexibility index (Phi) is 4.87. The summed E-state index contributed by atoms with van der Waals surface area (Å²) in [5.41, 5.74) is 0. The lowest BCUT2D eigenvalue weighted by Gasteiger charge is -2.44. The van der Waals surface area contributed by atoms with E-state index in [1.165, 1.54) is 45.2 Å². The van der Waals surface area contributed by atoms with E-state index >= 15 is 0 Å². The highest BCUT2D eigenvalue weighted by atomic mass is 16.5. The summed E-state index contributed by atoms with van der Waals surface area (Å²) < 4.78 is 5.36. The van der Waals surface area contributed by atoms with E-state index in [4.69, 9.17) is 4.74 Å². The Morgan fingerprint density at radius 2 is 2.06 bits per heavy atom. The van der Waals surface area contributed by atoms with Crippen LogP contribution in [0.5, 0.6) is 0 Å². The van der Waals surface area contributed by atoms with E-state index in [0.29, 0.717) is 18.6 Å². The molecule has 0 unspecified atom stereocenters. The second kappa shape index (κ2) is 6.41. The Morgan fingerprint density at radius 1 is 1.28 bits per heavy atom. The predicted molar refractivity (Wildman–Crippen MR) is 71.6 cm³/mol. The molecule has 0 aromatic heterocycles. The molecule has 0 spiro atoms. The maximum absolute atomic E-state index is 11.5. The van der Waals surface area contributed by atoms with Crippen LogP contribution in [0.25, 0.3) is 0 Å². The van der Waals surface area contributed by atoms with Crippen LogP contribution in [0.3, 0.4) is 0 Å². The Labute approximate surface area is 110 Å². The number of ether oxygens (including phenoxy) is 1. The molecule has 0 bridgehead atoms. The van der Waals surface area contributed by atoms with Crippen molar-refractivity contribution >= 4 is 6.09 Å². The molecule has 2 aliphatic heterocycles. The molecule has 2 saturated heterocycles. The van der Waals surface area contributed by atoms with Gasteiger partial charge in [-0.2, -0.15) is 0 Å². The maximum atomic E-state index is 11.5. The van der Waals surface area contributed by atoms with Gasteiger partial charge in [-0.05, 0) is 52.6 Å². The van der Waals surface area contributed by atoms with Crippen LogP contribution in [0.15, 0.2) is 0 Å². The fourth-order valence-electron chi connectivity index (χ4n) is 3.23. The first kappa shape index (κ1) is 13.7. The van der Waals surface area contributed by atoms with Crippen molar-refractivity contribution in [1.29, 1.82) is 0 Å². The minimum absolute atomic E-state index is 0.148. The number of fused-ring (bicyclic) bond motifs is 1. The molecule has 4 nitrogen and oxygen atoms in total. The van der Waals surface area contributed by atoms with Crippen molar-refractivity contribution in [2.24, 2.45) is 5.92 Å². The number of nitrogens with zero attached hydrogens (tertiary/aromatic N) is 1. The Bertz CT molecular complexity index is 279. The van der Waals surface area contributed by atoms with E-state index in [1.54, 1.807) is 0 Å². The Morgan fingerprint density at radius 3 is 2.83 bits per heavy atom. The zero-order valence-corrected chi connectivity index (χ0v) is 11.7. The second-order valence-corrected chi connectivity index (χ2v) is 5.90. The molecule has 0 aromatic rings. The molecule has 2 aliphatic rings. The van der Waals surface area contributed by atoms with Gasteiger partial charge in [0.15, 0.2) is 0 Å². The van der Waals surface area contributed by atoms with Gasteiger partial charge in [0.05, 0.1) is 6.61 Å². The standard InChI is InChI=1S/C14H26N2O2/c1-11(2)15-14(17)18-10-12-6-5-9-16-8-4-3-7-13(12)16/h11-13H,3-10H2,1-2H3,(H,15,17)/t12-,13+/m0/s1. The Balaban J connectivity index is 1.79. The molecule has 0 aliphatic carbocycles. The normalized spacial score (nSPS) is 28.8. The molecule has 2 rings (SSSR count). The van der Waals surface area contributed by atoms with Crippen LogP contribution in [0.4, 0.5) is 4.79 Å². The molecule has 1 amide bonds. The minimum atomic E-state index is -0.266. The van der Waals surface area contributed by atoms with E-state index < -0.39 is 0 Å². The van der Waals surface area contributed by atoms with Crippen LogP contribution in [-0.2, 0) is 4.74 Å². The van der Waals surface area contributed by atoms with Gasteiger partial charge in [-0.15, -0.1) is 0 Å². The average molecular weight is 254 g/mol. The summed E-state index contributed by atoms with van der Waals surface area (Å²) in [7, 11) is 0. The molecule has 18 heavy (non-hydrogen) atoms. The number of amides is 1. The maximum Gasteiger partial charge on any atom is 0.407 e. The van der Waals surface area contributed by atoms with Crippen LogP contribution in [0.1, 0.15) is 46.0 Å². The van der Waals surface area contributed by atoms with Crippen LogP contribution < -0.4 is 5.32 Å². The first-order chi connectivity index (χ1) is 8.66. The first-order valence-electron chi connectivity index (χ1n) is 7.34. The van der Waals surface area contributed by atoms with E-state index in [1.807, 2.05) is 13.8 Å². The lowest BCUT2D eigenvalue weighted by atomic mass is 9.84. The number of nitrogens with one attached hydrogen (secondary N) is 1. The van der Waals surface area contributed by atoms with Gasteiger partial charge < -0.3 is 10.1 Å². The molecule has 2 heterocycles. The lowest BCUT2D eigenvalue weighted by molar-refractivity contribution is 0.0231. The molecular weight excluding hydrogens is 228 g/mol. The van der Waals surface area contributed by atoms with E-state index in [0.717, 1.165) is 0 Å². The summed E-state index contributed by atoms with van der Waals surface area (Å²) in [6.45, 7) is 6.95. The smallest absolute Gasteiger partial charge is 0.407 e. The van der Waals surface area contributed by atoms with Crippen LogP contribution in [0.2, 0.25) is 0 Å². The van der Waals surface area contributed by atoms with Gasteiger partial charge in [0.25, 0.3) is 0 Å². The molecule has 1 N–H and O–H groups in total. The van der Waals surface area contributed by atoms with Crippen LogP contribution in [0, 0.1) is 5.92 Å².